The summed E-state index contributed by atoms with van der Waals surface area (Å²) in [5.41, 5.74) is 1.48. The number of hydrogen-bond donors (Lipinski definition) is 0. The minimum absolute atomic E-state index is 0.132. The second-order valence-corrected chi connectivity index (χ2v) is 4.87. The highest BCUT2D eigenvalue weighted by Crippen LogP contribution is 2.21. The molecule has 0 fully saturated rings. The molecule has 3 nitrogen and oxygen atoms in total. The summed E-state index contributed by atoms with van der Waals surface area (Å²) >= 11 is 1.31. The molecule has 0 aliphatic carbocycles. The molecule has 0 N–H and O–H groups in total. The lowest BCUT2D eigenvalue weighted by Crippen LogP contribution is -1.88. The van der Waals surface area contributed by atoms with E-state index in [1.165, 1.54) is 11.8 Å². The second kappa shape index (κ2) is 7.57. The number of benzene rings is 1. The fourth-order valence-corrected chi connectivity index (χ4v) is 1.96. The van der Waals surface area contributed by atoms with Gasteiger partial charge in [-0.3, -0.25) is 4.79 Å². The lowest BCUT2D eigenvalue weighted by atomic mass is 10.1. The van der Waals surface area contributed by atoms with Crippen LogP contribution in [0.5, 0.6) is 5.75 Å². The van der Waals surface area contributed by atoms with E-state index in [4.69, 9.17) is 10.00 Å². The quantitative estimate of drug-likeness (QED) is 0.763. The highest BCUT2D eigenvalue weighted by molar-refractivity contribution is 8.13. The van der Waals surface area contributed by atoms with Crippen LogP contribution in [0.25, 0.3) is 6.08 Å². The van der Waals surface area contributed by atoms with Crippen molar-refractivity contribution in [3.05, 3.63) is 35.4 Å². The van der Waals surface area contributed by atoms with E-state index in [0.29, 0.717) is 5.56 Å². The molecule has 0 saturated carbocycles. The smallest absolute Gasteiger partial charge is 0.185 e. The van der Waals surface area contributed by atoms with Crippen LogP contribution < -0.4 is 4.74 Å². The molecule has 0 atom stereocenters. The van der Waals surface area contributed by atoms with E-state index in [-0.39, 0.29) is 5.12 Å². The first-order chi connectivity index (χ1) is 8.67. The lowest BCUT2D eigenvalue weighted by Gasteiger charge is -2.04. The van der Waals surface area contributed by atoms with Gasteiger partial charge in [0.2, 0.25) is 0 Å². The number of methoxy groups -OCH3 is 1. The van der Waals surface area contributed by atoms with Crippen molar-refractivity contribution in [1.29, 1.82) is 5.26 Å². The molecule has 0 radical (unpaired) electrons. The van der Waals surface area contributed by atoms with Crippen LogP contribution in [-0.2, 0) is 4.79 Å². The molecule has 0 aromatic heterocycles. The Hall–Kier alpha value is -1.73. The van der Waals surface area contributed by atoms with Crippen molar-refractivity contribution < 1.29 is 9.53 Å². The summed E-state index contributed by atoms with van der Waals surface area (Å²) in [6, 6.07) is 7.39. The fraction of sp³-hybridized carbons (Fsp3) is 0.286. The maximum Gasteiger partial charge on any atom is 0.185 e. The van der Waals surface area contributed by atoms with Crippen molar-refractivity contribution in [2.75, 3.05) is 12.9 Å². The molecular formula is C14H15NO2S. The summed E-state index contributed by atoms with van der Waals surface area (Å²) in [5, 5.41) is 8.97. The summed E-state index contributed by atoms with van der Waals surface area (Å²) in [4.78, 5) is 10.7. The Balaban J connectivity index is 2.67. The van der Waals surface area contributed by atoms with E-state index in [9.17, 15) is 4.79 Å². The fourth-order valence-electron chi connectivity index (χ4n) is 1.42. The minimum Gasteiger partial charge on any atom is -0.496 e. The predicted octanol–water partition coefficient (Wildman–Crippen LogP) is 3.25. The van der Waals surface area contributed by atoms with Crippen LogP contribution in [0.1, 0.15) is 24.5 Å². The standard InChI is InChI=1S/C14H15NO2S/c1-11(16)18-8-4-3-5-13-9-12(10-15)6-7-14(13)17-2/h3,5-7,9H,4,8H2,1-2H3. The van der Waals surface area contributed by atoms with Crippen molar-refractivity contribution in [2.24, 2.45) is 0 Å². The lowest BCUT2D eigenvalue weighted by molar-refractivity contribution is -0.109. The van der Waals surface area contributed by atoms with Gasteiger partial charge in [-0.15, -0.1) is 0 Å². The Bertz CT molecular complexity index is 489. The summed E-state index contributed by atoms with van der Waals surface area (Å²) in [7, 11) is 1.60. The van der Waals surface area contributed by atoms with Gasteiger partial charge < -0.3 is 4.74 Å². The molecule has 0 amide bonds. The average Bonchev–Trinajstić information content (AvgIpc) is 2.37. The Morgan fingerprint density at radius 3 is 2.94 bits per heavy atom. The molecule has 0 saturated heterocycles. The molecule has 0 bridgehead atoms. The van der Waals surface area contributed by atoms with Gasteiger partial charge in [-0.05, 0) is 24.6 Å². The van der Waals surface area contributed by atoms with E-state index in [1.807, 2.05) is 12.2 Å². The van der Waals surface area contributed by atoms with Crippen molar-refractivity contribution in [3.8, 4) is 11.8 Å². The van der Waals surface area contributed by atoms with Crippen LogP contribution in [-0.4, -0.2) is 18.0 Å². The third-order valence-corrected chi connectivity index (χ3v) is 3.09. The van der Waals surface area contributed by atoms with Crippen LogP contribution in [0, 0.1) is 11.3 Å². The van der Waals surface area contributed by atoms with Gasteiger partial charge in [-0.2, -0.15) is 5.26 Å². The van der Waals surface area contributed by atoms with E-state index in [1.54, 1.807) is 32.2 Å². The number of nitrogens with zero attached hydrogens (tertiary/aromatic N) is 1. The number of carbonyl (C=O) groups excluding carboxylic acids is 1. The largest absolute Gasteiger partial charge is 0.496 e. The first kappa shape index (κ1) is 14.3. The van der Waals surface area contributed by atoms with E-state index in [0.717, 1.165) is 23.5 Å². The summed E-state index contributed by atoms with van der Waals surface area (Å²) in [5.74, 6) is 1.51. The summed E-state index contributed by atoms with van der Waals surface area (Å²) < 4.78 is 5.22. The highest BCUT2D eigenvalue weighted by Gasteiger charge is 2.00. The summed E-state index contributed by atoms with van der Waals surface area (Å²) in [6.45, 7) is 1.56. The Labute approximate surface area is 111 Å². The monoisotopic (exact) mass is 261 g/mol. The zero-order chi connectivity index (χ0) is 13.4. The van der Waals surface area contributed by atoms with Crippen molar-refractivity contribution in [1.82, 2.24) is 0 Å². The van der Waals surface area contributed by atoms with Gasteiger partial charge >= 0.3 is 0 Å². The maximum atomic E-state index is 10.7. The number of allylic oxidation sites excluding steroid dienone is 1. The third kappa shape index (κ3) is 4.64. The van der Waals surface area contributed by atoms with Gasteiger partial charge in [0.15, 0.2) is 5.12 Å². The molecule has 1 aromatic carbocycles. The van der Waals surface area contributed by atoms with Gasteiger partial charge in [0, 0.05) is 18.2 Å². The third-order valence-electron chi connectivity index (χ3n) is 2.25. The molecule has 0 aliphatic heterocycles. The molecule has 0 spiro atoms. The molecule has 0 heterocycles. The van der Waals surface area contributed by atoms with Crippen LogP contribution in [0.3, 0.4) is 0 Å². The zero-order valence-corrected chi connectivity index (χ0v) is 11.3. The number of hydrogen-bond acceptors (Lipinski definition) is 4. The van der Waals surface area contributed by atoms with Gasteiger partial charge in [-0.25, -0.2) is 0 Å². The first-order valence-electron chi connectivity index (χ1n) is 5.55. The molecule has 1 aromatic rings. The number of carbonyl (C=O) groups is 1. The molecule has 18 heavy (non-hydrogen) atoms. The minimum atomic E-state index is 0.132. The van der Waals surface area contributed by atoms with Gasteiger partial charge in [0.1, 0.15) is 5.75 Å². The van der Waals surface area contributed by atoms with E-state index >= 15 is 0 Å². The number of ether oxygens (including phenoxy) is 1. The normalized spacial score (nSPS) is 10.3. The molecule has 0 unspecified atom stereocenters. The molecule has 1 rings (SSSR count). The highest BCUT2D eigenvalue weighted by atomic mass is 32.2. The van der Waals surface area contributed by atoms with Crippen LogP contribution >= 0.6 is 11.8 Å². The maximum absolute atomic E-state index is 10.7. The number of thioether (sulfide) groups is 1. The van der Waals surface area contributed by atoms with Crippen LogP contribution in [0.4, 0.5) is 0 Å². The van der Waals surface area contributed by atoms with Crippen molar-refractivity contribution in [3.63, 3.8) is 0 Å². The Morgan fingerprint density at radius 2 is 2.33 bits per heavy atom. The van der Waals surface area contributed by atoms with Crippen LogP contribution in [0.2, 0.25) is 0 Å². The van der Waals surface area contributed by atoms with Gasteiger partial charge in [-0.1, -0.05) is 23.9 Å². The van der Waals surface area contributed by atoms with Gasteiger partial charge in [0.05, 0.1) is 18.7 Å². The first-order valence-corrected chi connectivity index (χ1v) is 6.54. The molecular weight excluding hydrogens is 246 g/mol. The van der Waals surface area contributed by atoms with E-state index in [2.05, 4.69) is 6.07 Å². The molecule has 94 valence electrons. The van der Waals surface area contributed by atoms with Crippen molar-refractivity contribution in [2.45, 2.75) is 13.3 Å². The molecule has 4 heteroatoms. The second-order valence-electron chi connectivity index (χ2n) is 3.60. The topological polar surface area (TPSA) is 50.1 Å². The SMILES string of the molecule is COc1ccc(C#N)cc1C=CCCSC(C)=O. The Kier molecular flexibility index (Phi) is 6.03. The van der Waals surface area contributed by atoms with E-state index < -0.39 is 0 Å². The van der Waals surface area contributed by atoms with Crippen molar-refractivity contribution >= 4 is 23.0 Å². The molecule has 0 aliphatic rings. The average molecular weight is 261 g/mol. The summed E-state index contributed by atoms with van der Waals surface area (Å²) in [6.07, 6.45) is 4.71. The van der Waals surface area contributed by atoms with Crippen LogP contribution in [0.15, 0.2) is 24.3 Å². The predicted molar refractivity (Wildman–Crippen MR) is 74.5 cm³/mol. The number of rotatable bonds is 5. The zero-order valence-electron chi connectivity index (χ0n) is 10.5. The number of nitriles is 1. The Morgan fingerprint density at radius 1 is 1.56 bits per heavy atom. The van der Waals surface area contributed by atoms with Gasteiger partial charge in [0.25, 0.3) is 0 Å².